The molecule has 0 amide bonds. The number of nitrogens with zero attached hydrogens (tertiary/aromatic N) is 1. The van der Waals surface area contributed by atoms with Crippen molar-refractivity contribution in [3.8, 4) is 11.3 Å². The Balaban J connectivity index is 2.31. The van der Waals surface area contributed by atoms with Crippen molar-refractivity contribution < 1.29 is 4.42 Å². The van der Waals surface area contributed by atoms with Gasteiger partial charge in [-0.15, -0.1) is 0 Å². The Morgan fingerprint density at radius 3 is 2.44 bits per heavy atom. The van der Waals surface area contributed by atoms with Crippen LogP contribution in [0.2, 0.25) is 0 Å². The largest absolute Gasteiger partial charge is 0.439 e. The van der Waals surface area contributed by atoms with E-state index in [9.17, 15) is 0 Å². The first-order valence-corrected chi connectivity index (χ1v) is 6.42. The van der Waals surface area contributed by atoms with E-state index in [-0.39, 0.29) is 0 Å². The summed E-state index contributed by atoms with van der Waals surface area (Å²) in [6, 6.07) is 8.51. The molecule has 18 heavy (non-hydrogen) atoms. The van der Waals surface area contributed by atoms with E-state index in [1.807, 2.05) is 6.92 Å². The molecule has 1 aromatic carbocycles. The van der Waals surface area contributed by atoms with Gasteiger partial charge >= 0.3 is 0 Å². The lowest BCUT2D eigenvalue weighted by Gasteiger charge is -2.09. The number of aromatic nitrogens is 1. The normalized spacial score (nSPS) is 12.7. The van der Waals surface area contributed by atoms with Crippen LogP contribution in [0.5, 0.6) is 0 Å². The quantitative estimate of drug-likeness (QED) is 0.893. The maximum absolute atomic E-state index is 5.64. The highest BCUT2D eigenvalue weighted by atomic mass is 16.4. The molecule has 0 saturated carbocycles. The van der Waals surface area contributed by atoms with Crippen molar-refractivity contribution in [1.82, 2.24) is 4.98 Å². The average molecular weight is 244 g/mol. The van der Waals surface area contributed by atoms with Gasteiger partial charge in [-0.1, -0.05) is 38.1 Å². The number of aryl methyl sites for hydroxylation is 1. The fraction of sp³-hybridized carbons (Fsp3) is 0.400. The summed E-state index contributed by atoms with van der Waals surface area (Å²) in [7, 11) is 0. The lowest BCUT2D eigenvalue weighted by Crippen LogP contribution is -1.95. The molecule has 2 rings (SSSR count). The minimum Gasteiger partial charge on any atom is -0.439 e. The van der Waals surface area contributed by atoms with Crippen molar-refractivity contribution in [1.29, 1.82) is 0 Å². The lowest BCUT2D eigenvalue weighted by atomic mass is 9.97. The first-order chi connectivity index (χ1) is 8.65. The molecule has 3 heteroatoms. The Labute approximate surface area is 108 Å². The number of rotatable bonds is 4. The molecule has 2 N–H and O–H groups in total. The molecule has 2 aromatic rings. The molecule has 0 aliphatic carbocycles. The van der Waals surface area contributed by atoms with Gasteiger partial charge in [-0.2, -0.15) is 0 Å². The zero-order valence-electron chi connectivity index (χ0n) is 11.2. The molecule has 0 bridgehead atoms. The first-order valence-electron chi connectivity index (χ1n) is 6.42. The minimum atomic E-state index is 0.339. The van der Waals surface area contributed by atoms with Crippen LogP contribution in [0.25, 0.3) is 11.3 Å². The first kappa shape index (κ1) is 12.8. The van der Waals surface area contributed by atoms with E-state index in [2.05, 4.69) is 43.1 Å². The number of benzene rings is 1. The van der Waals surface area contributed by atoms with Gasteiger partial charge in [0.15, 0.2) is 5.76 Å². The number of oxazole rings is 1. The van der Waals surface area contributed by atoms with Crippen molar-refractivity contribution in [2.75, 3.05) is 0 Å². The summed E-state index contributed by atoms with van der Waals surface area (Å²) >= 11 is 0. The third-order valence-electron chi connectivity index (χ3n) is 3.37. The Hall–Kier alpha value is -1.61. The second-order valence-corrected chi connectivity index (χ2v) is 4.66. The summed E-state index contributed by atoms with van der Waals surface area (Å²) in [4.78, 5) is 4.29. The molecule has 1 atom stereocenters. The van der Waals surface area contributed by atoms with Crippen molar-refractivity contribution in [2.45, 2.75) is 39.7 Å². The Bertz CT molecular complexity index is 514. The maximum atomic E-state index is 5.64. The van der Waals surface area contributed by atoms with Crippen molar-refractivity contribution in [2.24, 2.45) is 5.73 Å². The van der Waals surface area contributed by atoms with Crippen LogP contribution in [-0.2, 0) is 6.54 Å². The van der Waals surface area contributed by atoms with Crippen LogP contribution in [-0.4, -0.2) is 4.98 Å². The average Bonchev–Trinajstić information content (AvgIpc) is 2.79. The Morgan fingerprint density at radius 2 is 1.94 bits per heavy atom. The highest BCUT2D eigenvalue weighted by molar-refractivity contribution is 5.60. The van der Waals surface area contributed by atoms with Crippen molar-refractivity contribution in [3.63, 3.8) is 0 Å². The minimum absolute atomic E-state index is 0.339. The molecular weight excluding hydrogens is 224 g/mol. The highest BCUT2D eigenvalue weighted by Crippen LogP contribution is 2.27. The van der Waals surface area contributed by atoms with Gasteiger partial charge in [0, 0.05) is 5.56 Å². The zero-order chi connectivity index (χ0) is 13.1. The van der Waals surface area contributed by atoms with Gasteiger partial charge < -0.3 is 10.2 Å². The van der Waals surface area contributed by atoms with E-state index in [1.54, 1.807) is 0 Å². The third-order valence-corrected chi connectivity index (χ3v) is 3.37. The number of nitrogens with two attached hydrogens (primary N) is 1. The van der Waals surface area contributed by atoms with Crippen LogP contribution in [0.3, 0.4) is 0 Å². The van der Waals surface area contributed by atoms with Crippen LogP contribution in [0, 0.1) is 6.92 Å². The third kappa shape index (κ3) is 2.46. The van der Waals surface area contributed by atoms with E-state index < -0.39 is 0 Å². The Morgan fingerprint density at radius 1 is 1.28 bits per heavy atom. The SMILES string of the molecule is CCC(C)c1ccc(-c2oc(CN)nc2C)cc1. The van der Waals surface area contributed by atoms with E-state index in [1.165, 1.54) is 5.56 Å². The van der Waals surface area contributed by atoms with E-state index in [0.29, 0.717) is 18.4 Å². The van der Waals surface area contributed by atoms with Crippen molar-refractivity contribution >= 4 is 0 Å². The topological polar surface area (TPSA) is 52.0 Å². The molecule has 0 aliphatic heterocycles. The predicted octanol–water partition coefficient (Wildman–Crippen LogP) is 3.62. The van der Waals surface area contributed by atoms with Gasteiger partial charge in [-0.05, 0) is 24.8 Å². The number of hydrogen-bond donors (Lipinski definition) is 1. The monoisotopic (exact) mass is 244 g/mol. The van der Waals surface area contributed by atoms with Gasteiger partial charge in [0.05, 0.1) is 12.2 Å². The molecule has 0 aliphatic rings. The van der Waals surface area contributed by atoms with Crippen molar-refractivity contribution in [3.05, 3.63) is 41.4 Å². The van der Waals surface area contributed by atoms with Gasteiger partial charge in [0.25, 0.3) is 0 Å². The maximum Gasteiger partial charge on any atom is 0.208 e. The van der Waals surface area contributed by atoms with E-state index in [0.717, 1.165) is 23.4 Å². The summed E-state index contributed by atoms with van der Waals surface area (Å²) in [6.07, 6.45) is 1.15. The second kappa shape index (κ2) is 5.36. The summed E-state index contributed by atoms with van der Waals surface area (Å²) in [6.45, 7) is 6.72. The molecule has 96 valence electrons. The van der Waals surface area contributed by atoms with Crippen LogP contribution in [0.15, 0.2) is 28.7 Å². The van der Waals surface area contributed by atoms with E-state index >= 15 is 0 Å². The second-order valence-electron chi connectivity index (χ2n) is 4.66. The predicted molar refractivity (Wildman–Crippen MR) is 73.3 cm³/mol. The summed E-state index contributed by atoms with van der Waals surface area (Å²) in [5.41, 5.74) is 8.85. The van der Waals surface area contributed by atoms with Crippen LogP contribution < -0.4 is 5.73 Å². The summed E-state index contributed by atoms with van der Waals surface area (Å²) < 4.78 is 5.64. The highest BCUT2D eigenvalue weighted by Gasteiger charge is 2.11. The molecule has 0 fully saturated rings. The summed E-state index contributed by atoms with van der Waals surface area (Å²) in [5, 5.41) is 0. The van der Waals surface area contributed by atoms with Gasteiger partial charge in [0.2, 0.25) is 5.89 Å². The van der Waals surface area contributed by atoms with Crippen LogP contribution >= 0.6 is 0 Å². The summed E-state index contributed by atoms with van der Waals surface area (Å²) in [5.74, 6) is 2.01. The molecule has 0 radical (unpaired) electrons. The number of hydrogen-bond acceptors (Lipinski definition) is 3. The molecule has 1 heterocycles. The fourth-order valence-electron chi connectivity index (χ4n) is 2.01. The lowest BCUT2D eigenvalue weighted by molar-refractivity contribution is 0.509. The molecule has 1 unspecified atom stereocenters. The standard InChI is InChI=1S/C15H20N2O/c1-4-10(2)12-5-7-13(8-6-12)15-11(3)17-14(9-16)18-15/h5-8,10H,4,9,16H2,1-3H3. The molecule has 3 nitrogen and oxygen atoms in total. The smallest absolute Gasteiger partial charge is 0.208 e. The molecule has 1 aromatic heterocycles. The van der Waals surface area contributed by atoms with Gasteiger partial charge in [0.1, 0.15) is 0 Å². The van der Waals surface area contributed by atoms with Crippen LogP contribution in [0.4, 0.5) is 0 Å². The van der Waals surface area contributed by atoms with Crippen LogP contribution in [0.1, 0.15) is 43.3 Å². The fourth-order valence-corrected chi connectivity index (χ4v) is 2.01. The van der Waals surface area contributed by atoms with E-state index in [4.69, 9.17) is 10.2 Å². The molecule has 0 saturated heterocycles. The Kier molecular flexibility index (Phi) is 3.82. The van der Waals surface area contributed by atoms with Gasteiger partial charge in [-0.25, -0.2) is 4.98 Å². The zero-order valence-corrected chi connectivity index (χ0v) is 11.2. The molecular formula is C15H20N2O. The molecule has 0 spiro atoms. The van der Waals surface area contributed by atoms with Gasteiger partial charge in [-0.3, -0.25) is 0 Å².